The molecule has 1 unspecified atom stereocenters. The number of rotatable bonds is 2. The predicted octanol–water partition coefficient (Wildman–Crippen LogP) is 2.64. The highest BCUT2D eigenvalue weighted by Gasteiger charge is 2.28. The number of para-hydroxylation sites is 2. The molecular formula is C17H18N2O. The second-order valence-electron chi connectivity index (χ2n) is 5.60. The minimum Gasteiger partial charge on any atom is -0.488 e. The van der Waals surface area contributed by atoms with E-state index in [9.17, 15) is 0 Å². The van der Waals surface area contributed by atoms with Crippen molar-refractivity contribution in [3.05, 3.63) is 53.6 Å². The highest BCUT2D eigenvalue weighted by Crippen LogP contribution is 2.35. The predicted molar refractivity (Wildman–Crippen MR) is 81.3 cm³/mol. The normalized spacial score (nSPS) is 19.6. The molecule has 1 atom stereocenters. The van der Waals surface area contributed by atoms with Crippen molar-refractivity contribution in [1.29, 1.82) is 0 Å². The third-order valence-electron chi connectivity index (χ3n) is 4.26. The SMILES string of the molecule is Nc1cccc2c1N(CC1Cc3ccccc3O1)CC2. The van der Waals surface area contributed by atoms with E-state index in [0.717, 1.165) is 37.4 Å². The summed E-state index contributed by atoms with van der Waals surface area (Å²) >= 11 is 0. The number of ether oxygens (including phenoxy) is 1. The first kappa shape index (κ1) is 11.6. The molecule has 0 saturated carbocycles. The first-order valence-electron chi connectivity index (χ1n) is 7.18. The number of fused-ring (bicyclic) bond motifs is 2. The number of nitrogens with two attached hydrogens (primary N) is 1. The maximum Gasteiger partial charge on any atom is 0.123 e. The summed E-state index contributed by atoms with van der Waals surface area (Å²) in [6.45, 7) is 1.95. The van der Waals surface area contributed by atoms with Crippen molar-refractivity contribution >= 4 is 11.4 Å². The van der Waals surface area contributed by atoms with Crippen molar-refractivity contribution in [2.75, 3.05) is 23.7 Å². The van der Waals surface area contributed by atoms with Gasteiger partial charge in [0.2, 0.25) is 0 Å². The van der Waals surface area contributed by atoms with Crippen molar-refractivity contribution in [2.24, 2.45) is 0 Å². The molecular weight excluding hydrogens is 248 g/mol. The molecule has 2 aromatic rings. The Morgan fingerprint density at radius 2 is 1.95 bits per heavy atom. The van der Waals surface area contributed by atoms with Gasteiger partial charge in [0.05, 0.1) is 17.9 Å². The van der Waals surface area contributed by atoms with Crippen LogP contribution in [-0.4, -0.2) is 19.2 Å². The maximum atomic E-state index is 6.14. The lowest BCUT2D eigenvalue weighted by molar-refractivity contribution is 0.238. The highest BCUT2D eigenvalue weighted by molar-refractivity contribution is 5.74. The van der Waals surface area contributed by atoms with Crippen LogP contribution in [0.1, 0.15) is 11.1 Å². The summed E-state index contributed by atoms with van der Waals surface area (Å²) in [7, 11) is 0. The smallest absolute Gasteiger partial charge is 0.123 e. The van der Waals surface area contributed by atoms with Gasteiger partial charge in [-0.25, -0.2) is 0 Å². The average Bonchev–Trinajstić information content (AvgIpc) is 3.03. The number of hydrogen-bond donors (Lipinski definition) is 1. The number of benzene rings is 2. The maximum absolute atomic E-state index is 6.14. The Hall–Kier alpha value is -2.16. The molecule has 2 aliphatic heterocycles. The quantitative estimate of drug-likeness (QED) is 0.849. The molecule has 0 amide bonds. The Kier molecular flexibility index (Phi) is 2.59. The van der Waals surface area contributed by atoms with Crippen molar-refractivity contribution in [2.45, 2.75) is 18.9 Å². The molecule has 2 N–H and O–H groups in total. The van der Waals surface area contributed by atoms with Crippen molar-refractivity contribution in [3.63, 3.8) is 0 Å². The number of hydrogen-bond acceptors (Lipinski definition) is 3. The topological polar surface area (TPSA) is 38.5 Å². The molecule has 3 nitrogen and oxygen atoms in total. The van der Waals surface area contributed by atoms with Crippen LogP contribution in [0.3, 0.4) is 0 Å². The van der Waals surface area contributed by atoms with Crippen LogP contribution in [-0.2, 0) is 12.8 Å². The molecule has 2 aromatic carbocycles. The second kappa shape index (κ2) is 4.44. The summed E-state index contributed by atoms with van der Waals surface area (Å²) in [6, 6.07) is 14.5. The molecule has 3 heteroatoms. The van der Waals surface area contributed by atoms with Gasteiger partial charge in [-0.2, -0.15) is 0 Å². The van der Waals surface area contributed by atoms with Crippen molar-refractivity contribution in [1.82, 2.24) is 0 Å². The van der Waals surface area contributed by atoms with Crippen LogP contribution in [0.15, 0.2) is 42.5 Å². The molecule has 2 aliphatic rings. The number of nitrogen functional groups attached to an aromatic ring is 1. The molecule has 20 heavy (non-hydrogen) atoms. The number of nitrogens with zero attached hydrogens (tertiary/aromatic N) is 1. The molecule has 2 heterocycles. The van der Waals surface area contributed by atoms with E-state index in [1.807, 2.05) is 18.2 Å². The average molecular weight is 266 g/mol. The lowest BCUT2D eigenvalue weighted by Crippen LogP contribution is -2.34. The largest absolute Gasteiger partial charge is 0.488 e. The first-order valence-corrected chi connectivity index (χ1v) is 7.18. The van der Waals surface area contributed by atoms with Crippen molar-refractivity contribution in [3.8, 4) is 5.75 Å². The van der Waals surface area contributed by atoms with Gasteiger partial charge in [0.15, 0.2) is 0 Å². The van der Waals surface area contributed by atoms with Gasteiger partial charge in [0, 0.05) is 13.0 Å². The van der Waals surface area contributed by atoms with Gasteiger partial charge in [0.1, 0.15) is 11.9 Å². The zero-order valence-electron chi connectivity index (χ0n) is 11.4. The van der Waals surface area contributed by atoms with E-state index >= 15 is 0 Å². The van der Waals surface area contributed by atoms with Gasteiger partial charge in [-0.15, -0.1) is 0 Å². The molecule has 0 aromatic heterocycles. The van der Waals surface area contributed by atoms with Crippen molar-refractivity contribution < 1.29 is 4.74 Å². The summed E-state index contributed by atoms with van der Waals surface area (Å²) < 4.78 is 6.04. The summed E-state index contributed by atoms with van der Waals surface area (Å²) in [5.74, 6) is 1.04. The van der Waals surface area contributed by atoms with Crippen LogP contribution >= 0.6 is 0 Å². The van der Waals surface area contributed by atoms with Gasteiger partial charge >= 0.3 is 0 Å². The fraction of sp³-hybridized carbons (Fsp3) is 0.294. The van der Waals surface area contributed by atoms with Gasteiger partial charge in [-0.3, -0.25) is 0 Å². The van der Waals surface area contributed by atoms with Gasteiger partial charge in [-0.1, -0.05) is 30.3 Å². The van der Waals surface area contributed by atoms with E-state index in [1.54, 1.807) is 0 Å². The van der Waals surface area contributed by atoms with Gasteiger partial charge < -0.3 is 15.4 Å². The second-order valence-corrected chi connectivity index (χ2v) is 5.60. The van der Waals surface area contributed by atoms with Crippen LogP contribution < -0.4 is 15.4 Å². The third-order valence-corrected chi connectivity index (χ3v) is 4.26. The summed E-state index contributed by atoms with van der Waals surface area (Å²) in [4.78, 5) is 2.38. The number of anilines is 2. The zero-order chi connectivity index (χ0) is 13.5. The van der Waals surface area contributed by atoms with Gasteiger partial charge in [-0.05, 0) is 29.7 Å². The van der Waals surface area contributed by atoms with E-state index in [-0.39, 0.29) is 6.10 Å². The Balaban J connectivity index is 1.53. The van der Waals surface area contributed by atoms with Crippen LogP contribution in [0.5, 0.6) is 5.75 Å². The minimum atomic E-state index is 0.234. The van der Waals surface area contributed by atoms with E-state index in [1.165, 1.54) is 16.8 Å². The standard InChI is InChI=1S/C17H18N2O/c18-15-6-3-5-12-8-9-19(17(12)15)11-14-10-13-4-1-2-7-16(13)20-14/h1-7,14H,8-11,18H2. The fourth-order valence-electron chi connectivity index (χ4n) is 3.35. The molecule has 102 valence electrons. The molecule has 0 saturated heterocycles. The molecule has 0 aliphatic carbocycles. The summed E-state index contributed by atoms with van der Waals surface area (Å²) in [5.41, 5.74) is 10.9. The molecule has 4 rings (SSSR count). The van der Waals surface area contributed by atoms with E-state index in [2.05, 4.69) is 29.2 Å². The minimum absolute atomic E-state index is 0.234. The van der Waals surface area contributed by atoms with Gasteiger partial charge in [0.25, 0.3) is 0 Å². The zero-order valence-corrected chi connectivity index (χ0v) is 11.4. The van der Waals surface area contributed by atoms with E-state index < -0.39 is 0 Å². The van der Waals surface area contributed by atoms with E-state index in [4.69, 9.17) is 10.5 Å². The Labute approximate surface area is 119 Å². The molecule has 0 spiro atoms. The molecule has 0 fully saturated rings. The Morgan fingerprint density at radius 1 is 1.10 bits per heavy atom. The molecule has 0 bridgehead atoms. The molecule has 0 radical (unpaired) electrons. The Bertz CT molecular complexity index is 628. The monoisotopic (exact) mass is 266 g/mol. The fourth-order valence-corrected chi connectivity index (χ4v) is 3.35. The third kappa shape index (κ3) is 1.82. The van der Waals surface area contributed by atoms with Crippen LogP contribution in [0.2, 0.25) is 0 Å². The van der Waals surface area contributed by atoms with Crippen LogP contribution in [0.4, 0.5) is 11.4 Å². The highest BCUT2D eigenvalue weighted by atomic mass is 16.5. The first-order chi connectivity index (χ1) is 9.81. The lowest BCUT2D eigenvalue weighted by atomic mass is 10.1. The Morgan fingerprint density at radius 3 is 2.85 bits per heavy atom. The summed E-state index contributed by atoms with van der Waals surface area (Å²) in [5, 5.41) is 0. The summed E-state index contributed by atoms with van der Waals surface area (Å²) in [6.07, 6.45) is 2.31. The lowest BCUT2D eigenvalue weighted by Gasteiger charge is -2.24. The van der Waals surface area contributed by atoms with Crippen LogP contribution in [0.25, 0.3) is 0 Å². The van der Waals surface area contributed by atoms with E-state index in [0.29, 0.717) is 0 Å². The van der Waals surface area contributed by atoms with Crippen LogP contribution in [0, 0.1) is 0 Å².